The predicted molar refractivity (Wildman–Crippen MR) is 103 cm³/mol. The van der Waals surface area contributed by atoms with Gasteiger partial charge in [0, 0.05) is 37.7 Å². The van der Waals surface area contributed by atoms with Crippen molar-refractivity contribution in [3.63, 3.8) is 0 Å². The van der Waals surface area contributed by atoms with Crippen LogP contribution in [0.25, 0.3) is 11.3 Å². The van der Waals surface area contributed by atoms with Crippen LogP contribution in [0.15, 0.2) is 40.9 Å². The minimum atomic E-state index is -0.257. The molecule has 2 aromatic heterocycles. The van der Waals surface area contributed by atoms with E-state index >= 15 is 0 Å². The van der Waals surface area contributed by atoms with Crippen molar-refractivity contribution in [2.75, 3.05) is 31.1 Å². The van der Waals surface area contributed by atoms with Crippen LogP contribution in [0.3, 0.4) is 0 Å². The second-order valence-electron chi connectivity index (χ2n) is 7.25. The Morgan fingerprint density at radius 2 is 1.75 bits per heavy atom. The van der Waals surface area contributed by atoms with Crippen LogP contribution in [0.5, 0.6) is 0 Å². The molecule has 8 heteroatoms. The van der Waals surface area contributed by atoms with Gasteiger partial charge in [-0.15, -0.1) is 10.2 Å². The van der Waals surface area contributed by atoms with E-state index in [9.17, 15) is 4.39 Å². The molecule has 0 bridgehead atoms. The van der Waals surface area contributed by atoms with Crippen molar-refractivity contribution >= 4 is 5.82 Å². The molecule has 0 saturated carbocycles. The summed E-state index contributed by atoms with van der Waals surface area (Å²) in [5.74, 6) is 2.29. The van der Waals surface area contributed by atoms with Crippen molar-refractivity contribution in [2.45, 2.75) is 26.3 Å². The fourth-order valence-electron chi connectivity index (χ4n) is 3.16. The highest BCUT2D eigenvalue weighted by Gasteiger charge is 2.21. The Bertz CT molecular complexity index is 901. The van der Waals surface area contributed by atoms with Gasteiger partial charge in [-0.1, -0.05) is 19.0 Å². The second-order valence-corrected chi connectivity index (χ2v) is 7.25. The van der Waals surface area contributed by atoms with Gasteiger partial charge in [-0.2, -0.15) is 4.98 Å². The molecule has 0 amide bonds. The largest absolute Gasteiger partial charge is 0.353 e. The maximum Gasteiger partial charge on any atom is 0.240 e. The van der Waals surface area contributed by atoms with E-state index in [4.69, 9.17) is 4.52 Å². The third-order valence-electron chi connectivity index (χ3n) is 4.85. The first-order valence-corrected chi connectivity index (χ1v) is 9.48. The van der Waals surface area contributed by atoms with E-state index in [1.807, 2.05) is 12.1 Å². The number of hydrogen-bond acceptors (Lipinski definition) is 7. The maximum atomic E-state index is 13.1. The van der Waals surface area contributed by atoms with Gasteiger partial charge in [-0.25, -0.2) is 4.39 Å². The molecule has 0 spiro atoms. The van der Waals surface area contributed by atoms with E-state index in [1.165, 1.54) is 12.1 Å². The zero-order chi connectivity index (χ0) is 19.5. The van der Waals surface area contributed by atoms with E-state index < -0.39 is 0 Å². The van der Waals surface area contributed by atoms with Gasteiger partial charge in [0.25, 0.3) is 0 Å². The zero-order valence-electron chi connectivity index (χ0n) is 16.0. The standard InChI is InChI=1S/C20H23FN6O/c1-14(2)20-22-19(28-25-20)13-26-9-11-27(12-10-26)18-8-7-17(23-24-18)15-3-5-16(21)6-4-15/h3-8,14H,9-13H2,1-2H3. The Hall–Kier alpha value is -2.87. The van der Waals surface area contributed by atoms with Gasteiger partial charge in [-0.3, -0.25) is 4.90 Å². The van der Waals surface area contributed by atoms with Crippen LogP contribution >= 0.6 is 0 Å². The molecule has 0 atom stereocenters. The molecular weight excluding hydrogens is 359 g/mol. The van der Waals surface area contributed by atoms with Crippen LogP contribution in [0.4, 0.5) is 10.2 Å². The van der Waals surface area contributed by atoms with Crippen molar-refractivity contribution in [3.05, 3.63) is 53.9 Å². The first kappa shape index (κ1) is 18.5. The lowest BCUT2D eigenvalue weighted by molar-refractivity contribution is 0.215. The smallest absolute Gasteiger partial charge is 0.240 e. The highest BCUT2D eigenvalue weighted by Crippen LogP contribution is 2.20. The van der Waals surface area contributed by atoms with Crippen LogP contribution in [0.2, 0.25) is 0 Å². The summed E-state index contributed by atoms with van der Waals surface area (Å²) in [5, 5.41) is 12.7. The van der Waals surface area contributed by atoms with E-state index in [0.29, 0.717) is 12.4 Å². The summed E-state index contributed by atoms with van der Waals surface area (Å²) in [7, 11) is 0. The molecule has 0 N–H and O–H groups in total. The number of piperazine rings is 1. The first-order chi connectivity index (χ1) is 13.6. The molecule has 146 valence electrons. The Balaban J connectivity index is 1.33. The van der Waals surface area contributed by atoms with Gasteiger partial charge in [0.2, 0.25) is 5.89 Å². The summed E-state index contributed by atoms with van der Waals surface area (Å²) in [6.45, 7) is 8.27. The average Bonchev–Trinajstić information content (AvgIpc) is 3.18. The number of halogens is 1. The maximum absolute atomic E-state index is 13.1. The monoisotopic (exact) mass is 382 g/mol. The Labute approximate surface area is 163 Å². The normalized spacial score (nSPS) is 15.4. The first-order valence-electron chi connectivity index (χ1n) is 9.48. The van der Waals surface area contributed by atoms with Crippen molar-refractivity contribution in [1.82, 2.24) is 25.2 Å². The Morgan fingerprint density at radius 3 is 2.36 bits per heavy atom. The minimum absolute atomic E-state index is 0.257. The molecule has 0 radical (unpaired) electrons. The third kappa shape index (κ3) is 4.17. The number of rotatable bonds is 5. The molecule has 1 saturated heterocycles. The fraction of sp³-hybridized carbons (Fsp3) is 0.400. The molecule has 7 nitrogen and oxygen atoms in total. The molecule has 3 heterocycles. The van der Waals surface area contributed by atoms with Crippen LogP contribution in [-0.2, 0) is 6.54 Å². The summed E-state index contributed by atoms with van der Waals surface area (Å²) in [4.78, 5) is 8.96. The van der Waals surface area contributed by atoms with E-state index in [0.717, 1.165) is 49.1 Å². The molecule has 1 aromatic carbocycles. The Morgan fingerprint density at radius 1 is 1.00 bits per heavy atom. The van der Waals surface area contributed by atoms with Gasteiger partial charge < -0.3 is 9.42 Å². The van der Waals surface area contributed by atoms with Crippen molar-refractivity contribution in [1.29, 1.82) is 0 Å². The molecular formula is C20H23FN6O. The van der Waals surface area contributed by atoms with Gasteiger partial charge in [0.15, 0.2) is 11.6 Å². The number of aromatic nitrogens is 4. The van der Waals surface area contributed by atoms with Crippen LogP contribution < -0.4 is 4.90 Å². The number of nitrogens with zero attached hydrogens (tertiary/aromatic N) is 6. The van der Waals surface area contributed by atoms with Gasteiger partial charge in [0.05, 0.1) is 12.2 Å². The molecule has 1 fully saturated rings. The van der Waals surface area contributed by atoms with E-state index in [2.05, 4.69) is 44.0 Å². The van der Waals surface area contributed by atoms with Crippen molar-refractivity contribution in [2.24, 2.45) is 0 Å². The average molecular weight is 382 g/mol. The lowest BCUT2D eigenvalue weighted by Crippen LogP contribution is -2.46. The van der Waals surface area contributed by atoms with Crippen molar-refractivity contribution < 1.29 is 8.91 Å². The van der Waals surface area contributed by atoms with Crippen LogP contribution in [-0.4, -0.2) is 51.4 Å². The molecule has 0 unspecified atom stereocenters. The number of hydrogen-bond donors (Lipinski definition) is 0. The van der Waals surface area contributed by atoms with Crippen LogP contribution in [0, 0.1) is 5.82 Å². The second kappa shape index (κ2) is 8.02. The minimum Gasteiger partial charge on any atom is -0.353 e. The molecule has 28 heavy (non-hydrogen) atoms. The molecule has 1 aliphatic rings. The summed E-state index contributed by atoms with van der Waals surface area (Å²) >= 11 is 0. The molecule has 0 aliphatic carbocycles. The zero-order valence-corrected chi connectivity index (χ0v) is 16.0. The SMILES string of the molecule is CC(C)c1noc(CN2CCN(c3ccc(-c4ccc(F)cc4)nn3)CC2)n1. The third-order valence-corrected chi connectivity index (χ3v) is 4.85. The molecule has 4 rings (SSSR count). The van der Waals surface area contributed by atoms with Gasteiger partial charge in [-0.05, 0) is 36.4 Å². The number of anilines is 1. The summed E-state index contributed by atoms with van der Waals surface area (Å²) in [6, 6.07) is 10.2. The lowest BCUT2D eigenvalue weighted by atomic mass is 10.1. The quantitative estimate of drug-likeness (QED) is 0.671. The van der Waals surface area contributed by atoms with Crippen LogP contribution in [0.1, 0.15) is 31.5 Å². The highest BCUT2D eigenvalue weighted by atomic mass is 19.1. The summed E-state index contributed by atoms with van der Waals surface area (Å²) in [5.41, 5.74) is 1.59. The van der Waals surface area contributed by atoms with E-state index in [-0.39, 0.29) is 11.7 Å². The van der Waals surface area contributed by atoms with E-state index in [1.54, 1.807) is 12.1 Å². The Kier molecular flexibility index (Phi) is 5.29. The van der Waals surface area contributed by atoms with Gasteiger partial charge >= 0.3 is 0 Å². The predicted octanol–water partition coefficient (Wildman–Crippen LogP) is 3.11. The summed E-state index contributed by atoms with van der Waals surface area (Å²) in [6.07, 6.45) is 0. The molecule has 3 aromatic rings. The number of benzene rings is 1. The topological polar surface area (TPSA) is 71.2 Å². The fourth-order valence-corrected chi connectivity index (χ4v) is 3.16. The van der Waals surface area contributed by atoms with Gasteiger partial charge in [0.1, 0.15) is 5.82 Å². The summed E-state index contributed by atoms with van der Waals surface area (Å²) < 4.78 is 18.4. The van der Waals surface area contributed by atoms with Crippen molar-refractivity contribution in [3.8, 4) is 11.3 Å². The highest BCUT2D eigenvalue weighted by molar-refractivity contribution is 5.59. The lowest BCUT2D eigenvalue weighted by Gasteiger charge is -2.34. The molecule has 1 aliphatic heterocycles.